The van der Waals surface area contributed by atoms with Crippen LogP contribution in [0.2, 0.25) is 0 Å². The Morgan fingerprint density at radius 3 is 1.86 bits per heavy atom. The molecular formula is C46H77O12P. The number of rotatable bonds is 39. The average molecular weight is 853 g/mol. The van der Waals surface area contributed by atoms with Crippen molar-refractivity contribution in [3.63, 3.8) is 0 Å². The number of carbonyl (C=O) groups excluding carboxylic acids is 2. The van der Waals surface area contributed by atoms with E-state index in [1.54, 1.807) is 30.4 Å². The van der Waals surface area contributed by atoms with E-state index in [0.29, 0.717) is 32.1 Å². The summed E-state index contributed by atoms with van der Waals surface area (Å²) in [4.78, 5) is 35.0. The van der Waals surface area contributed by atoms with Crippen molar-refractivity contribution >= 4 is 19.8 Å². The molecule has 0 spiro atoms. The first-order valence-corrected chi connectivity index (χ1v) is 23.3. The molecule has 0 radical (unpaired) electrons. The van der Waals surface area contributed by atoms with Gasteiger partial charge in [-0.3, -0.25) is 18.6 Å². The maximum Gasteiger partial charge on any atom is 0.472 e. The Morgan fingerprint density at radius 1 is 0.610 bits per heavy atom. The van der Waals surface area contributed by atoms with Crippen LogP contribution in [0.25, 0.3) is 0 Å². The van der Waals surface area contributed by atoms with Crippen LogP contribution in [-0.2, 0) is 32.7 Å². The van der Waals surface area contributed by atoms with Gasteiger partial charge in [-0.15, -0.1) is 0 Å². The lowest BCUT2D eigenvalue weighted by molar-refractivity contribution is -0.161. The molecule has 0 saturated heterocycles. The minimum absolute atomic E-state index is 0.0502. The highest BCUT2D eigenvalue weighted by Crippen LogP contribution is 2.43. The van der Waals surface area contributed by atoms with E-state index < -0.39 is 70.6 Å². The monoisotopic (exact) mass is 853 g/mol. The summed E-state index contributed by atoms with van der Waals surface area (Å²) in [6, 6.07) is 0. The van der Waals surface area contributed by atoms with E-state index in [-0.39, 0.29) is 12.8 Å². The van der Waals surface area contributed by atoms with Crippen molar-refractivity contribution < 1.29 is 58.0 Å². The van der Waals surface area contributed by atoms with Crippen LogP contribution in [0.4, 0.5) is 0 Å². The molecule has 338 valence electrons. The zero-order valence-corrected chi connectivity index (χ0v) is 36.8. The van der Waals surface area contributed by atoms with Crippen LogP contribution in [0.15, 0.2) is 85.1 Å². The lowest BCUT2D eigenvalue weighted by atomic mass is 10.1. The third-order valence-corrected chi connectivity index (χ3v) is 9.66. The molecule has 13 heteroatoms. The van der Waals surface area contributed by atoms with Crippen molar-refractivity contribution in [1.29, 1.82) is 0 Å². The van der Waals surface area contributed by atoms with E-state index in [1.165, 1.54) is 44.9 Å². The highest BCUT2D eigenvalue weighted by molar-refractivity contribution is 7.47. The Bertz CT molecular complexity index is 1290. The molecule has 0 amide bonds. The first kappa shape index (κ1) is 56.1. The van der Waals surface area contributed by atoms with Crippen molar-refractivity contribution in [2.24, 2.45) is 0 Å². The maximum absolute atomic E-state index is 12.6. The Balaban J connectivity index is 4.56. The highest BCUT2D eigenvalue weighted by atomic mass is 31.2. The Morgan fingerprint density at radius 2 is 1.20 bits per heavy atom. The summed E-state index contributed by atoms with van der Waals surface area (Å²) in [5, 5.41) is 38.3. The highest BCUT2D eigenvalue weighted by Gasteiger charge is 2.27. The number of esters is 2. The van der Waals surface area contributed by atoms with Crippen LogP contribution >= 0.6 is 7.82 Å². The van der Waals surface area contributed by atoms with Crippen LogP contribution in [-0.4, -0.2) is 88.1 Å². The fraction of sp³-hybridized carbons (Fsp3) is 0.652. The number of hydrogen-bond donors (Lipinski definition) is 5. The predicted octanol–water partition coefficient (Wildman–Crippen LogP) is 9.39. The molecule has 59 heavy (non-hydrogen) atoms. The quantitative estimate of drug-likeness (QED) is 0.0130. The van der Waals surface area contributed by atoms with Gasteiger partial charge in [0.2, 0.25) is 0 Å². The Kier molecular flexibility index (Phi) is 38.5. The summed E-state index contributed by atoms with van der Waals surface area (Å²) in [6.45, 7) is 1.93. The minimum atomic E-state index is -4.67. The van der Waals surface area contributed by atoms with Gasteiger partial charge in [0.05, 0.1) is 32.0 Å². The Labute approximate surface area is 355 Å². The second-order valence-corrected chi connectivity index (χ2v) is 15.8. The smallest absolute Gasteiger partial charge is 0.462 e. The van der Waals surface area contributed by atoms with Gasteiger partial charge in [-0.05, 0) is 64.2 Å². The third-order valence-electron chi connectivity index (χ3n) is 8.71. The van der Waals surface area contributed by atoms with E-state index in [1.807, 2.05) is 49.5 Å². The van der Waals surface area contributed by atoms with E-state index >= 15 is 0 Å². The molecule has 0 heterocycles. The number of hydrogen-bond acceptors (Lipinski definition) is 11. The second kappa shape index (κ2) is 40.5. The topological polar surface area (TPSA) is 189 Å². The van der Waals surface area contributed by atoms with E-state index in [0.717, 1.165) is 38.5 Å². The lowest BCUT2D eigenvalue weighted by Crippen LogP contribution is -2.29. The lowest BCUT2D eigenvalue weighted by Gasteiger charge is -2.20. The van der Waals surface area contributed by atoms with Crippen LogP contribution in [0, 0.1) is 0 Å². The number of allylic oxidation sites excluding steroid dienone is 10. The van der Waals surface area contributed by atoms with Crippen LogP contribution in [0.5, 0.6) is 0 Å². The van der Waals surface area contributed by atoms with Gasteiger partial charge in [-0.1, -0.05) is 150 Å². The van der Waals surface area contributed by atoms with E-state index in [2.05, 4.69) is 23.6 Å². The zero-order valence-electron chi connectivity index (χ0n) is 35.9. The molecule has 0 bridgehead atoms. The number of aliphatic hydroxyl groups is 4. The van der Waals surface area contributed by atoms with Crippen molar-refractivity contribution in [3.05, 3.63) is 85.1 Å². The summed E-state index contributed by atoms with van der Waals surface area (Å²) in [6.07, 6.45) is 40.5. The molecule has 0 fully saturated rings. The van der Waals surface area contributed by atoms with Gasteiger partial charge in [0, 0.05) is 12.8 Å². The van der Waals surface area contributed by atoms with Crippen molar-refractivity contribution in [2.45, 2.75) is 167 Å². The van der Waals surface area contributed by atoms with Crippen molar-refractivity contribution in [1.82, 2.24) is 0 Å². The Hall–Kier alpha value is -2.93. The van der Waals surface area contributed by atoms with E-state index in [4.69, 9.17) is 19.1 Å². The fourth-order valence-corrected chi connectivity index (χ4v) is 6.10. The van der Waals surface area contributed by atoms with Gasteiger partial charge in [-0.25, -0.2) is 4.57 Å². The molecule has 0 saturated carbocycles. The molecular weight excluding hydrogens is 775 g/mol. The molecule has 0 aromatic heterocycles. The van der Waals surface area contributed by atoms with Crippen molar-refractivity contribution in [2.75, 3.05) is 26.4 Å². The van der Waals surface area contributed by atoms with Gasteiger partial charge in [0.25, 0.3) is 0 Å². The van der Waals surface area contributed by atoms with E-state index in [9.17, 15) is 34.4 Å². The normalized spacial score (nSPS) is 15.7. The number of aliphatic hydroxyl groups excluding tert-OH is 4. The van der Waals surface area contributed by atoms with Crippen LogP contribution < -0.4 is 0 Å². The second-order valence-electron chi connectivity index (χ2n) is 14.4. The molecule has 0 rings (SSSR count). The van der Waals surface area contributed by atoms with Crippen molar-refractivity contribution in [3.8, 4) is 0 Å². The molecule has 0 aromatic carbocycles. The molecule has 12 nitrogen and oxygen atoms in total. The number of ether oxygens (including phenoxy) is 2. The van der Waals surface area contributed by atoms with Gasteiger partial charge < -0.3 is 34.8 Å². The van der Waals surface area contributed by atoms with Gasteiger partial charge in [0.15, 0.2) is 6.10 Å². The summed E-state index contributed by atoms with van der Waals surface area (Å²) in [5.74, 6) is -1.12. The van der Waals surface area contributed by atoms with Crippen LogP contribution in [0.1, 0.15) is 142 Å². The molecule has 5 atom stereocenters. The summed E-state index contributed by atoms with van der Waals surface area (Å²) in [7, 11) is -4.67. The number of phosphoric ester groups is 1. The number of unbranched alkanes of at least 4 members (excludes halogenated alkanes) is 12. The summed E-state index contributed by atoms with van der Waals surface area (Å²) in [5.41, 5.74) is 0. The number of phosphoric acid groups is 1. The molecule has 0 aliphatic carbocycles. The number of carbonyl (C=O) groups is 2. The summed E-state index contributed by atoms with van der Waals surface area (Å²) >= 11 is 0. The first-order chi connectivity index (χ1) is 28.5. The molecule has 1 unspecified atom stereocenters. The predicted molar refractivity (Wildman–Crippen MR) is 235 cm³/mol. The molecule has 0 aliphatic heterocycles. The SMILES string of the molecule is CC/C=C\C[C@@H](O)/C=C/C=C\C/C=C\C=C\[C@@H](O)/C=C\CCCC(=O)OC[C@H](COP(=O)(O)OC[C@@H](O)CO)OC(=O)CCCCCCCCC/C=C\CCCCCC. The van der Waals surface area contributed by atoms with Gasteiger partial charge >= 0.3 is 19.8 Å². The minimum Gasteiger partial charge on any atom is -0.462 e. The zero-order chi connectivity index (χ0) is 43.7. The first-order valence-electron chi connectivity index (χ1n) is 21.8. The fourth-order valence-electron chi connectivity index (χ4n) is 5.31. The van der Waals surface area contributed by atoms with Crippen LogP contribution in [0.3, 0.4) is 0 Å². The van der Waals surface area contributed by atoms with Gasteiger partial charge in [-0.2, -0.15) is 0 Å². The molecule has 5 N–H and O–H groups in total. The summed E-state index contributed by atoms with van der Waals surface area (Å²) < 4.78 is 32.6. The maximum atomic E-state index is 12.6. The average Bonchev–Trinajstić information content (AvgIpc) is 3.21. The third kappa shape index (κ3) is 40.3. The molecule has 0 aromatic rings. The molecule has 0 aliphatic rings. The van der Waals surface area contributed by atoms with Gasteiger partial charge in [0.1, 0.15) is 12.7 Å². The standard InChI is InChI=1S/C46H77O12P/c1-3-5-7-8-9-10-11-12-13-14-15-16-20-23-29-36-46(52)58-44(40-57-59(53,54)56-38-43(50)37-47)39-55-45(51)35-30-24-28-34-42(49)33-27-22-19-17-18-21-26-32-41(48)31-25-6-4-2/h6,10-11,18-19,21-22,25-28,32-34,41-44,47-50H,3-5,7-9,12-17,20,23-24,29-31,35-40H2,1-2H3,(H,53,54)/b11-10-,21-18-,22-19-,25-6-,32-26+,33-27+,34-28-/t41-,42-,43+,44-/m1/s1. The largest absolute Gasteiger partial charge is 0.472 e.